The Kier molecular flexibility index (Phi) is 6.67. The first-order valence-electron chi connectivity index (χ1n) is 6.26. The van der Waals surface area contributed by atoms with Crippen LogP contribution in [-0.4, -0.2) is 25.4 Å². The summed E-state index contributed by atoms with van der Waals surface area (Å²) in [5.74, 6) is 0.899. The first-order chi connectivity index (χ1) is 8.27. The van der Waals surface area contributed by atoms with Crippen LogP contribution in [0.2, 0.25) is 0 Å². The van der Waals surface area contributed by atoms with E-state index in [1.807, 2.05) is 12.1 Å². The third-order valence-electron chi connectivity index (χ3n) is 2.88. The van der Waals surface area contributed by atoms with Gasteiger partial charge in [0.05, 0.1) is 7.11 Å². The number of ether oxygens (including phenoxy) is 1. The minimum atomic E-state index is 0.297. The van der Waals surface area contributed by atoms with Crippen LogP contribution in [0, 0.1) is 0 Å². The molecule has 0 spiro atoms. The second-order valence-electron chi connectivity index (χ2n) is 4.24. The van der Waals surface area contributed by atoms with Crippen molar-refractivity contribution in [3.05, 3.63) is 29.8 Å². The maximum absolute atomic E-state index is 8.68. The molecule has 0 aliphatic rings. The number of aliphatic hydroxyl groups is 1. The van der Waals surface area contributed by atoms with Gasteiger partial charge in [-0.2, -0.15) is 0 Å². The molecule has 0 heterocycles. The maximum Gasteiger partial charge on any atom is 0.119 e. The zero-order valence-corrected chi connectivity index (χ0v) is 10.8. The van der Waals surface area contributed by atoms with Gasteiger partial charge in [0, 0.05) is 12.6 Å². The third kappa shape index (κ3) is 5.20. The molecule has 0 saturated carbocycles. The van der Waals surface area contributed by atoms with Crippen molar-refractivity contribution in [2.45, 2.75) is 32.2 Å². The minimum Gasteiger partial charge on any atom is -0.497 e. The summed E-state index contributed by atoms with van der Waals surface area (Å²) in [4.78, 5) is 0. The van der Waals surface area contributed by atoms with Gasteiger partial charge in [-0.1, -0.05) is 12.1 Å². The van der Waals surface area contributed by atoms with Crippen LogP contribution in [0.3, 0.4) is 0 Å². The van der Waals surface area contributed by atoms with Crippen LogP contribution in [-0.2, 0) is 0 Å². The zero-order chi connectivity index (χ0) is 12.5. The van der Waals surface area contributed by atoms with Gasteiger partial charge >= 0.3 is 0 Å². The summed E-state index contributed by atoms with van der Waals surface area (Å²) in [6.07, 6.45) is 3.08. The highest BCUT2D eigenvalue weighted by atomic mass is 16.5. The van der Waals surface area contributed by atoms with E-state index in [0.717, 1.165) is 31.6 Å². The first-order valence-corrected chi connectivity index (χ1v) is 6.26. The Hall–Kier alpha value is -1.06. The van der Waals surface area contributed by atoms with Crippen molar-refractivity contribution in [3.8, 4) is 5.75 Å². The highest BCUT2D eigenvalue weighted by molar-refractivity contribution is 5.30. The highest BCUT2D eigenvalue weighted by Crippen LogP contribution is 2.18. The molecule has 3 nitrogen and oxygen atoms in total. The molecule has 0 aliphatic carbocycles. The molecule has 0 radical (unpaired) electrons. The molecule has 0 saturated heterocycles. The van der Waals surface area contributed by atoms with Crippen LogP contribution >= 0.6 is 0 Å². The SMILES string of the molecule is COc1cccc([C@@H](C)NCCCCCO)c1. The summed E-state index contributed by atoms with van der Waals surface area (Å²) < 4.78 is 5.21. The van der Waals surface area contributed by atoms with Crippen molar-refractivity contribution in [1.82, 2.24) is 5.32 Å². The Balaban J connectivity index is 2.33. The lowest BCUT2D eigenvalue weighted by Crippen LogP contribution is -2.19. The summed E-state index contributed by atoms with van der Waals surface area (Å²) in [6, 6.07) is 8.47. The molecule has 0 bridgehead atoms. The Bertz CT molecular complexity index is 315. The van der Waals surface area contributed by atoms with Crippen LogP contribution in [0.1, 0.15) is 37.8 Å². The van der Waals surface area contributed by atoms with E-state index in [-0.39, 0.29) is 0 Å². The molecule has 3 heteroatoms. The molecule has 0 aromatic heterocycles. The number of methoxy groups -OCH3 is 1. The standard InChI is InChI=1S/C14H23NO2/c1-12(15-9-4-3-5-10-16)13-7-6-8-14(11-13)17-2/h6-8,11-12,15-16H,3-5,9-10H2,1-2H3/t12-/m1/s1. The van der Waals surface area contributed by atoms with Gasteiger partial charge in [-0.15, -0.1) is 0 Å². The van der Waals surface area contributed by atoms with E-state index in [2.05, 4.69) is 24.4 Å². The van der Waals surface area contributed by atoms with E-state index in [4.69, 9.17) is 9.84 Å². The number of hydrogen-bond donors (Lipinski definition) is 2. The Morgan fingerprint density at radius 3 is 2.82 bits per heavy atom. The van der Waals surface area contributed by atoms with Gasteiger partial charge in [0.1, 0.15) is 5.75 Å². The molecule has 1 aromatic carbocycles. The summed E-state index contributed by atoms with van der Waals surface area (Å²) in [7, 11) is 1.69. The van der Waals surface area contributed by atoms with Crippen molar-refractivity contribution in [1.29, 1.82) is 0 Å². The molecular formula is C14H23NO2. The molecule has 96 valence electrons. The van der Waals surface area contributed by atoms with Gasteiger partial charge in [-0.25, -0.2) is 0 Å². The Labute approximate surface area is 104 Å². The smallest absolute Gasteiger partial charge is 0.119 e. The average molecular weight is 237 g/mol. The molecular weight excluding hydrogens is 214 g/mol. The summed E-state index contributed by atoms with van der Waals surface area (Å²) in [5, 5.41) is 12.1. The van der Waals surface area contributed by atoms with E-state index in [1.165, 1.54) is 5.56 Å². The fourth-order valence-electron chi connectivity index (χ4n) is 1.76. The molecule has 1 atom stereocenters. The van der Waals surface area contributed by atoms with E-state index < -0.39 is 0 Å². The predicted molar refractivity (Wildman–Crippen MR) is 70.3 cm³/mol. The van der Waals surface area contributed by atoms with Gasteiger partial charge in [-0.05, 0) is 50.4 Å². The van der Waals surface area contributed by atoms with E-state index in [0.29, 0.717) is 12.6 Å². The molecule has 0 fully saturated rings. The fourth-order valence-corrected chi connectivity index (χ4v) is 1.76. The van der Waals surface area contributed by atoms with Crippen molar-refractivity contribution in [2.24, 2.45) is 0 Å². The number of rotatable bonds is 8. The number of hydrogen-bond acceptors (Lipinski definition) is 3. The lowest BCUT2D eigenvalue weighted by Gasteiger charge is -2.15. The van der Waals surface area contributed by atoms with Crippen molar-refractivity contribution < 1.29 is 9.84 Å². The van der Waals surface area contributed by atoms with Crippen molar-refractivity contribution in [2.75, 3.05) is 20.3 Å². The number of aliphatic hydroxyl groups excluding tert-OH is 1. The maximum atomic E-state index is 8.68. The molecule has 17 heavy (non-hydrogen) atoms. The second-order valence-corrected chi connectivity index (χ2v) is 4.24. The monoisotopic (exact) mass is 237 g/mol. The van der Waals surface area contributed by atoms with Gasteiger partial charge in [-0.3, -0.25) is 0 Å². The second kappa shape index (κ2) is 8.09. The van der Waals surface area contributed by atoms with E-state index in [9.17, 15) is 0 Å². The quantitative estimate of drug-likeness (QED) is 0.683. The van der Waals surface area contributed by atoms with Crippen LogP contribution in [0.15, 0.2) is 24.3 Å². The molecule has 1 rings (SSSR count). The Morgan fingerprint density at radius 1 is 1.29 bits per heavy atom. The van der Waals surface area contributed by atoms with Crippen LogP contribution < -0.4 is 10.1 Å². The zero-order valence-electron chi connectivity index (χ0n) is 10.8. The van der Waals surface area contributed by atoms with Gasteiger partial charge in [0.2, 0.25) is 0 Å². The van der Waals surface area contributed by atoms with Gasteiger partial charge in [0.25, 0.3) is 0 Å². The van der Waals surface area contributed by atoms with Crippen molar-refractivity contribution >= 4 is 0 Å². The number of benzene rings is 1. The van der Waals surface area contributed by atoms with E-state index >= 15 is 0 Å². The molecule has 0 amide bonds. The lowest BCUT2D eigenvalue weighted by molar-refractivity contribution is 0.282. The summed E-state index contributed by atoms with van der Waals surface area (Å²) in [6.45, 7) is 3.44. The lowest BCUT2D eigenvalue weighted by atomic mass is 10.1. The van der Waals surface area contributed by atoms with Gasteiger partial charge < -0.3 is 15.2 Å². The van der Waals surface area contributed by atoms with Gasteiger partial charge in [0.15, 0.2) is 0 Å². The van der Waals surface area contributed by atoms with E-state index in [1.54, 1.807) is 7.11 Å². The van der Waals surface area contributed by atoms with Crippen LogP contribution in [0.5, 0.6) is 5.75 Å². The molecule has 2 N–H and O–H groups in total. The average Bonchev–Trinajstić information content (AvgIpc) is 2.38. The highest BCUT2D eigenvalue weighted by Gasteiger charge is 2.04. The van der Waals surface area contributed by atoms with Crippen LogP contribution in [0.4, 0.5) is 0 Å². The molecule has 1 aromatic rings. The predicted octanol–water partition coefficient (Wildman–Crippen LogP) is 2.51. The largest absolute Gasteiger partial charge is 0.497 e. The number of unbranched alkanes of at least 4 members (excludes halogenated alkanes) is 2. The third-order valence-corrected chi connectivity index (χ3v) is 2.88. The summed E-state index contributed by atoms with van der Waals surface area (Å²) in [5.41, 5.74) is 1.24. The first kappa shape index (κ1) is 14.0. The Morgan fingerprint density at radius 2 is 2.12 bits per heavy atom. The molecule has 0 aliphatic heterocycles. The van der Waals surface area contributed by atoms with Crippen molar-refractivity contribution in [3.63, 3.8) is 0 Å². The number of nitrogens with one attached hydrogen (secondary N) is 1. The fraction of sp³-hybridized carbons (Fsp3) is 0.571. The van der Waals surface area contributed by atoms with Crippen LogP contribution in [0.25, 0.3) is 0 Å². The topological polar surface area (TPSA) is 41.5 Å². The summed E-state index contributed by atoms with van der Waals surface area (Å²) >= 11 is 0. The molecule has 0 unspecified atom stereocenters. The normalized spacial score (nSPS) is 12.4. The minimum absolute atomic E-state index is 0.297.